The molecule has 0 fully saturated rings. The quantitative estimate of drug-likeness (QED) is 0.715. The molecule has 2 nitrogen and oxygen atoms in total. The van der Waals surface area contributed by atoms with Gasteiger partial charge in [0.05, 0.1) is 5.02 Å². The highest BCUT2D eigenvalue weighted by Gasteiger charge is 2.09. The molecule has 0 saturated carbocycles. The maximum absolute atomic E-state index is 6.14. The summed E-state index contributed by atoms with van der Waals surface area (Å²) in [5.41, 5.74) is 6.06. The van der Waals surface area contributed by atoms with E-state index in [1.54, 1.807) is 11.8 Å². The SMILES string of the molecule is CC(C)C(N)CCN(C)CCSc1cc(Cl)ccc1Cl. The molecule has 0 aliphatic rings. The van der Waals surface area contributed by atoms with Crippen LogP contribution >= 0.6 is 35.0 Å². The van der Waals surface area contributed by atoms with Crippen LogP contribution < -0.4 is 5.73 Å². The molecule has 1 atom stereocenters. The molecular weight excluding hydrogens is 311 g/mol. The first-order valence-corrected chi connectivity index (χ1v) is 8.66. The molecule has 114 valence electrons. The van der Waals surface area contributed by atoms with Crippen molar-refractivity contribution < 1.29 is 0 Å². The smallest absolute Gasteiger partial charge is 0.0542 e. The Bertz CT molecular complexity index is 413. The molecule has 1 aromatic rings. The van der Waals surface area contributed by atoms with Gasteiger partial charge in [0.15, 0.2) is 0 Å². The second kappa shape index (κ2) is 9.16. The van der Waals surface area contributed by atoms with Crippen molar-refractivity contribution in [3.05, 3.63) is 28.2 Å². The molecule has 2 N–H and O–H groups in total. The van der Waals surface area contributed by atoms with E-state index in [4.69, 9.17) is 28.9 Å². The highest BCUT2D eigenvalue weighted by atomic mass is 35.5. The molecule has 0 bridgehead atoms. The first-order chi connectivity index (χ1) is 9.40. The van der Waals surface area contributed by atoms with Gasteiger partial charge in [-0.3, -0.25) is 0 Å². The molecule has 0 aliphatic carbocycles. The van der Waals surface area contributed by atoms with Crippen LogP contribution in [0, 0.1) is 5.92 Å². The van der Waals surface area contributed by atoms with Gasteiger partial charge < -0.3 is 10.6 Å². The van der Waals surface area contributed by atoms with Gasteiger partial charge in [-0.1, -0.05) is 37.0 Å². The van der Waals surface area contributed by atoms with Crippen molar-refractivity contribution in [2.45, 2.75) is 31.2 Å². The Balaban J connectivity index is 2.28. The maximum Gasteiger partial charge on any atom is 0.0542 e. The molecule has 0 spiro atoms. The summed E-state index contributed by atoms with van der Waals surface area (Å²) < 4.78 is 0. The van der Waals surface area contributed by atoms with Gasteiger partial charge in [-0.2, -0.15) is 0 Å². The third kappa shape index (κ3) is 6.68. The van der Waals surface area contributed by atoms with Crippen LogP contribution in [-0.4, -0.2) is 36.8 Å². The van der Waals surface area contributed by atoms with Crippen molar-refractivity contribution in [2.75, 3.05) is 25.9 Å². The summed E-state index contributed by atoms with van der Waals surface area (Å²) >= 11 is 13.9. The van der Waals surface area contributed by atoms with Crippen molar-refractivity contribution in [1.29, 1.82) is 0 Å². The van der Waals surface area contributed by atoms with E-state index in [1.807, 2.05) is 18.2 Å². The van der Waals surface area contributed by atoms with Gasteiger partial charge >= 0.3 is 0 Å². The fraction of sp³-hybridized carbons (Fsp3) is 0.600. The van der Waals surface area contributed by atoms with E-state index < -0.39 is 0 Å². The molecule has 0 aromatic heterocycles. The van der Waals surface area contributed by atoms with Crippen LogP contribution in [0.3, 0.4) is 0 Å². The third-order valence-electron chi connectivity index (χ3n) is 3.32. The van der Waals surface area contributed by atoms with Gasteiger partial charge in [0.25, 0.3) is 0 Å². The molecule has 0 radical (unpaired) electrons. The highest BCUT2D eigenvalue weighted by molar-refractivity contribution is 7.99. The Labute approximate surface area is 137 Å². The number of nitrogens with two attached hydrogens (primary N) is 1. The number of thioether (sulfide) groups is 1. The predicted octanol–water partition coefficient (Wildman–Crippen LogP) is 4.39. The molecule has 0 amide bonds. The second-order valence-electron chi connectivity index (χ2n) is 5.42. The normalized spacial score (nSPS) is 13.2. The summed E-state index contributed by atoms with van der Waals surface area (Å²) in [4.78, 5) is 3.36. The molecule has 1 aromatic carbocycles. The summed E-state index contributed by atoms with van der Waals surface area (Å²) in [7, 11) is 2.13. The number of hydrogen-bond donors (Lipinski definition) is 1. The van der Waals surface area contributed by atoms with E-state index in [0.29, 0.717) is 5.92 Å². The van der Waals surface area contributed by atoms with E-state index in [0.717, 1.165) is 40.2 Å². The summed E-state index contributed by atoms with van der Waals surface area (Å²) in [5, 5.41) is 1.50. The first kappa shape index (κ1) is 18.1. The van der Waals surface area contributed by atoms with Crippen LogP contribution in [0.2, 0.25) is 10.0 Å². The van der Waals surface area contributed by atoms with Gasteiger partial charge in [0.1, 0.15) is 0 Å². The van der Waals surface area contributed by atoms with Gasteiger partial charge in [0, 0.05) is 28.3 Å². The lowest BCUT2D eigenvalue weighted by Gasteiger charge is -2.21. The van der Waals surface area contributed by atoms with Crippen molar-refractivity contribution in [3.63, 3.8) is 0 Å². The Kier molecular flexibility index (Phi) is 8.30. The van der Waals surface area contributed by atoms with Gasteiger partial charge in [-0.15, -0.1) is 11.8 Å². The average Bonchev–Trinajstić information content (AvgIpc) is 2.39. The van der Waals surface area contributed by atoms with E-state index in [-0.39, 0.29) is 6.04 Å². The molecule has 0 heterocycles. The number of nitrogens with zero attached hydrogens (tertiary/aromatic N) is 1. The van der Waals surface area contributed by atoms with Crippen molar-refractivity contribution in [2.24, 2.45) is 11.7 Å². The topological polar surface area (TPSA) is 29.3 Å². The summed E-state index contributed by atoms with van der Waals surface area (Å²) in [5.74, 6) is 1.54. The van der Waals surface area contributed by atoms with Crippen LogP contribution in [0.5, 0.6) is 0 Å². The Morgan fingerprint density at radius 2 is 1.95 bits per heavy atom. The lowest BCUT2D eigenvalue weighted by molar-refractivity contribution is 0.318. The Morgan fingerprint density at radius 3 is 2.60 bits per heavy atom. The van der Waals surface area contributed by atoms with Crippen LogP contribution in [0.1, 0.15) is 20.3 Å². The van der Waals surface area contributed by atoms with Crippen molar-refractivity contribution >= 4 is 35.0 Å². The zero-order valence-electron chi connectivity index (χ0n) is 12.4. The Morgan fingerprint density at radius 1 is 1.25 bits per heavy atom. The van der Waals surface area contributed by atoms with Crippen LogP contribution in [0.4, 0.5) is 0 Å². The van der Waals surface area contributed by atoms with E-state index >= 15 is 0 Å². The fourth-order valence-corrected chi connectivity index (χ4v) is 3.27. The summed E-state index contributed by atoms with van der Waals surface area (Å²) in [6.07, 6.45) is 1.04. The largest absolute Gasteiger partial charge is 0.327 e. The number of halogens is 2. The lowest BCUT2D eigenvalue weighted by Crippen LogP contribution is -2.32. The minimum Gasteiger partial charge on any atom is -0.327 e. The average molecular weight is 335 g/mol. The monoisotopic (exact) mass is 334 g/mol. The summed E-state index contributed by atoms with van der Waals surface area (Å²) in [6, 6.07) is 5.86. The predicted molar refractivity (Wildman–Crippen MR) is 92.1 cm³/mol. The molecule has 1 rings (SSSR count). The number of benzene rings is 1. The molecule has 1 unspecified atom stereocenters. The first-order valence-electron chi connectivity index (χ1n) is 6.92. The molecule has 0 aliphatic heterocycles. The standard InChI is InChI=1S/C15H24Cl2N2S/c1-11(2)14(18)6-7-19(3)8-9-20-15-10-12(16)4-5-13(15)17/h4-5,10-11,14H,6-9,18H2,1-3H3. The molecule has 5 heteroatoms. The summed E-state index contributed by atoms with van der Waals surface area (Å²) in [6.45, 7) is 6.38. The van der Waals surface area contributed by atoms with Crippen molar-refractivity contribution in [3.8, 4) is 0 Å². The number of hydrogen-bond acceptors (Lipinski definition) is 3. The number of rotatable bonds is 8. The maximum atomic E-state index is 6.14. The van der Waals surface area contributed by atoms with E-state index in [1.165, 1.54) is 0 Å². The van der Waals surface area contributed by atoms with E-state index in [2.05, 4.69) is 25.8 Å². The zero-order chi connectivity index (χ0) is 15.1. The van der Waals surface area contributed by atoms with Crippen molar-refractivity contribution in [1.82, 2.24) is 4.90 Å². The Hall–Kier alpha value is 0.0700. The van der Waals surface area contributed by atoms with Crippen LogP contribution in [-0.2, 0) is 0 Å². The van der Waals surface area contributed by atoms with Crippen LogP contribution in [0.15, 0.2) is 23.1 Å². The van der Waals surface area contributed by atoms with Crippen LogP contribution in [0.25, 0.3) is 0 Å². The minimum absolute atomic E-state index is 0.285. The van der Waals surface area contributed by atoms with Gasteiger partial charge in [-0.05, 0) is 44.1 Å². The van der Waals surface area contributed by atoms with Gasteiger partial charge in [0.2, 0.25) is 0 Å². The molecule has 20 heavy (non-hydrogen) atoms. The lowest BCUT2D eigenvalue weighted by atomic mass is 10.0. The molecule has 0 saturated heterocycles. The second-order valence-corrected chi connectivity index (χ2v) is 7.40. The molecular formula is C15H24Cl2N2S. The highest BCUT2D eigenvalue weighted by Crippen LogP contribution is 2.29. The zero-order valence-corrected chi connectivity index (χ0v) is 14.7. The fourth-order valence-electron chi connectivity index (χ4n) is 1.71. The van der Waals surface area contributed by atoms with E-state index in [9.17, 15) is 0 Å². The third-order valence-corrected chi connectivity index (χ3v) is 5.04. The van der Waals surface area contributed by atoms with Gasteiger partial charge in [-0.25, -0.2) is 0 Å². The minimum atomic E-state index is 0.285.